The second-order valence-electron chi connectivity index (χ2n) is 3.22. The SMILES string of the molecule is CC.Cc1n[n+](C)c2ccccc2[n+]1C. The van der Waals surface area contributed by atoms with Crippen LogP contribution < -0.4 is 9.25 Å². The van der Waals surface area contributed by atoms with Crippen LogP contribution in [0.15, 0.2) is 24.3 Å². The normalized spacial score (nSPS) is 9.67. The van der Waals surface area contributed by atoms with Gasteiger partial charge in [-0.25, -0.2) is 4.57 Å². The maximum absolute atomic E-state index is 4.38. The van der Waals surface area contributed by atoms with Crippen molar-refractivity contribution in [1.82, 2.24) is 5.10 Å². The van der Waals surface area contributed by atoms with Gasteiger partial charge in [0, 0.05) is 17.7 Å². The number of aromatic nitrogens is 3. The van der Waals surface area contributed by atoms with Crippen LogP contribution in [0.1, 0.15) is 19.7 Å². The smallest absolute Gasteiger partial charge is 0.219 e. The summed E-state index contributed by atoms with van der Waals surface area (Å²) in [5.41, 5.74) is 2.35. The Hall–Kier alpha value is -1.51. The number of nitrogens with zero attached hydrogens (tertiary/aromatic N) is 3. The van der Waals surface area contributed by atoms with E-state index in [1.54, 1.807) is 0 Å². The van der Waals surface area contributed by atoms with E-state index in [1.807, 2.05) is 51.7 Å². The van der Waals surface area contributed by atoms with Gasteiger partial charge >= 0.3 is 5.82 Å². The third kappa shape index (κ3) is 2.12. The molecule has 15 heavy (non-hydrogen) atoms. The highest BCUT2D eigenvalue weighted by molar-refractivity contribution is 5.66. The Bertz CT molecular complexity index is 464. The highest BCUT2D eigenvalue weighted by atomic mass is 15.3. The summed E-state index contributed by atoms with van der Waals surface area (Å²) in [7, 11) is 4.00. The van der Waals surface area contributed by atoms with Crippen LogP contribution in [-0.4, -0.2) is 5.10 Å². The number of benzene rings is 1. The third-order valence-corrected chi connectivity index (χ3v) is 2.37. The van der Waals surface area contributed by atoms with Crippen LogP contribution in [-0.2, 0) is 14.1 Å². The number of hydrogen-bond acceptors (Lipinski definition) is 1. The zero-order valence-corrected chi connectivity index (χ0v) is 10.2. The number of fused-ring (bicyclic) bond motifs is 1. The van der Waals surface area contributed by atoms with Gasteiger partial charge in [-0.15, -0.1) is 0 Å². The minimum Gasteiger partial charge on any atom is -0.219 e. The van der Waals surface area contributed by atoms with Gasteiger partial charge in [-0.05, 0) is 6.07 Å². The van der Waals surface area contributed by atoms with E-state index in [-0.39, 0.29) is 0 Å². The molecule has 0 saturated heterocycles. The van der Waals surface area contributed by atoms with E-state index in [0.29, 0.717) is 0 Å². The van der Waals surface area contributed by atoms with Gasteiger partial charge in [-0.1, -0.05) is 26.0 Å². The largest absolute Gasteiger partial charge is 0.369 e. The van der Waals surface area contributed by atoms with Crippen molar-refractivity contribution < 1.29 is 9.25 Å². The third-order valence-electron chi connectivity index (χ3n) is 2.37. The molecule has 0 aliphatic heterocycles. The molecule has 0 amide bonds. The lowest BCUT2D eigenvalue weighted by Crippen LogP contribution is -2.45. The number of aryl methyl sites for hydroxylation is 3. The van der Waals surface area contributed by atoms with Gasteiger partial charge in [0.15, 0.2) is 7.05 Å². The number of hydrogen-bond donors (Lipinski definition) is 0. The van der Waals surface area contributed by atoms with Crippen molar-refractivity contribution in [3.63, 3.8) is 0 Å². The summed E-state index contributed by atoms with van der Waals surface area (Å²) in [5.74, 6) is 1.02. The molecule has 0 radical (unpaired) electrons. The van der Waals surface area contributed by atoms with Crippen molar-refractivity contribution in [2.45, 2.75) is 20.8 Å². The van der Waals surface area contributed by atoms with Gasteiger partial charge in [0.05, 0.1) is 7.05 Å². The van der Waals surface area contributed by atoms with Gasteiger partial charge in [0.1, 0.15) is 0 Å². The first-order valence-corrected chi connectivity index (χ1v) is 5.32. The Morgan fingerprint density at radius 2 is 1.53 bits per heavy atom. The lowest BCUT2D eigenvalue weighted by atomic mass is 10.3. The molecule has 0 aliphatic carbocycles. The summed E-state index contributed by atoms with van der Waals surface area (Å²) in [5, 5.41) is 4.38. The maximum Gasteiger partial charge on any atom is 0.369 e. The van der Waals surface area contributed by atoms with Crippen LogP contribution in [0.5, 0.6) is 0 Å². The van der Waals surface area contributed by atoms with Gasteiger partial charge in [-0.2, -0.15) is 0 Å². The topological polar surface area (TPSA) is 20.6 Å². The van der Waals surface area contributed by atoms with Crippen molar-refractivity contribution in [3.05, 3.63) is 30.1 Å². The molecule has 0 unspecified atom stereocenters. The van der Waals surface area contributed by atoms with E-state index >= 15 is 0 Å². The first-order valence-electron chi connectivity index (χ1n) is 5.32. The highest BCUT2D eigenvalue weighted by Gasteiger charge is 2.18. The van der Waals surface area contributed by atoms with E-state index in [0.717, 1.165) is 11.3 Å². The van der Waals surface area contributed by atoms with Gasteiger partial charge in [-0.3, -0.25) is 0 Å². The second kappa shape index (κ2) is 4.82. The molecule has 3 nitrogen and oxygen atoms in total. The zero-order valence-electron chi connectivity index (χ0n) is 10.2. The average molecular weight is 205 g/mol. The molecule has 0 saturated carbocycles. The minimum absolute atomic E-state index is 1.02. The molecule has 3 heteroatoms. The molecule has 0 aliphatic rings. The Balaban J connectivity index is 0.000000531. The zero-order chi connectivity index (χ0) is 11.4. The molecule has 2 rings (SSSR count). The Labute approximate surface area is 91.0 Å². The fraction of sp³-hybridized carbons (Fsp3) is 0.417. The van der Waals surface area contributed by atoms with Crippen LogP contribution >= 0.6 is 0 Å². The quantitative estimate of drug-likeness (QED) is 0.592. The van der Waals surface area contributed by atoms with Crippen molar-refractivity contribution in [3.8, 4) is 0 Å². The second-order valence-corrected chi connectivity index (χ2v) is 3.22. The van der Waals surface area contributed by atoms with Gasteiger partial charge in [0.2, 0.25) is 10.6 Å². The molecular formula is C12H19N3+2. The Morgan fingerprint density at radius 1 is 1.00 bits per heavy atom. The number of para-hydroxylation sites is 2. The molecular weight excluding hydrogens is 186 g/mol. The minimum atomic E-state index is 1.02. The lowest BCUT2D eigenvalue weighted by Gasteiger charge is -1.95. The molecule has 0 N–H and O–H groups in total. The summed E-state index contributed by atoms with van der Waals surface area (Å²) in [4.78, 5) is 0. The highest BCUT2D eigenvalue weighted by Crippen LogP contribution is 2.02. The lowest BCUT2D eigenvalue weighted by molar-refractivity contribution is -0.744. The van der Waals surface area contributed by atoms with E-state index in [9.17, 15) is 0 Å². The molecule has 0 bridgehead atoms. The molecule has 2 aromatic rings. The van der Waals surface area contributed by atoms with Gasteiger partial charge in [0.25, 0.3) is 5.52 Å². The predicted molar refractivity (Wildman–Crippen MR) is 60.2 cm³/mol. The Kier molecular flexibility index (Phi) is 3.72. The summed E-state index contributed by atoms with van der Waals surface area (Å²) >= 11 is 0. The van der Waals surface area contributed by atoms with Crippen LogP contribution in [0.3, 0.4) is 0 Å². The van der Waals surface area contributed by atoms with Gasteiger partial charge < -0.3 is 0 Å². The molecule has 1 aromatic heterocycles. The molecule has 0 atom stereocenters. The monoisotopic (exact) mass is 205 g/mol. The summed E-state index contributed by atoms with van der Waals surface area (Å²) in [6.07, 6.45) is 0. The predicted octanol–water partition coefficient (Wildman–Crippen LogP) is 1.22. The van der Waals surface area contributed by atoms with E-state index in [4.69, 9.17) is 0 Å². The first-order chi connectivity index (χ1) is 7.20. The summed E-state index contributed by atoms with van der Waals surface area (Å²) in [6.45, 7) is 6.01. The van der Waals surface area contributed by atoms with Crippen LogP contribution in [0, 0.1) is 6.92 Å². The van der Waals surface area contributed by atoms with Crippen molar-refractivity contribution in [2.24, 2.45) is 14.1 Å². The Morgan fingerprint density at radius 3 is 2.13 bits per heavy atom. The fourth-order valence-electron chi connectivity index (χ4n) is 1.53. The number of rotatable bonds is 0. The van der Waals surface area contributed by atoms with Crippen molar-refractivity contribution in [2.75, 3.05) is 0 Å². The average Bonchev–Trinajstić information content (AvgIpc) is 2.29. The van der Waals surface area contributed by atoms with E-state index in [2.05, 4.69) is 21.8 Å². The van der Waals surface area contributed by atoms with E-state index in [1.165, 1.54) is 5.52 Å². The molecule has 1 heterocycles. The fourth-order valence-corrected chi connectivity index (χ4v) is 1.53. The molecule has 0 fully saturated rings. The molecule has 80 valence electrons. The first kappa shape index (κ1) is 11.6. The molecule has 1 aromatic carbocycles. The van der Waals surface area contributed by atoms with Crippen molar-refractivity contribution in [1.29, 1.82) is 0 Å². The van der Waals surface area contributed by atoms with Crippen LogP contribution in [0.2, 0.25) is 0 Å². The van der Waals surface area contributed by atoms with Crippen molar-refractivity contribution >= 4 is 11.0 Å². The summed E-state index contributed by atoms with van der Waals surface area (Å²) < 4.78 is 4.00. The maximum atomic E-state index is 4.38. The standard InChI is InChI=1S/C10H13N3.C2H6/c1-8-11-13(3)10-7-5-4-6-9(10)12(8)2;1-2/h4-7H,1-3H3;1-2H3/q+2;. The molecule has 0 spiro atoms. The van der Waals surface area contributed by atoms with Crippen LogP contribution in [0.25, 0.3) is 11.0 Å². The summed E-state index contributed by atoms with van der Waals surface area (Å²) in [6, 6.07) is 8.24. The van der Waals surface area contributed by atoms with E-state index < -0.39 is 0 Å². The van der Waals surface area contributed by atoms with Crippen LogP contribution in [0.4, 0.5) is 0 Å².